The zero-order chi connectivity index (χ0) is 13.1. The highest BCUT2D eigenvalue weighted by molar-refractivity contribution is 6.36. The topological polar surface area (TPSA) is 62.5 Å². The van der Waals surface area contributed by atoms with Crippen molar-refractivity contribution in [3.05, 3.63) is 51.9 Å². The van der Waals surface area contributed by atoms with Crippen molar-refractivity contribution in [2.45, 2.75) is 6.54 Å². The van der Waals surface area contributed by atoms with E-state index in [0.717, 1.165) is 0 Å². The zero-order valence-electron chi connectivity index (χ0n) is 9.11. The van der Waals surface area contributed by atoms with Gasteiger partial charge < -0.3 is 14.8 Å². The van der Waals surface area contributed by atoms with Crippen LogP contribution in [0.3, 0.4) is 0 Å². The summed E-state index contributed by atoms with van der Waals surface area (Å²) >= 11 is 11.8. The van der Waals surface area contributed by atoms with E-state index in [-0.39, 0.29) is 5.76 Å². The van der Waals surface area contributed by atoms with Gasteiger partial charge in [-0.15, -0.1) is 0 Å². The Kier molecular flexibility index (Phi) is 3.79. The smallest absolute Gasteiger partial charge is 0.372 e. The molecule has 0 saturated heterocycles. The van der Waals surface area contributed by atoms with Gasteiger partial charge in [0, 0.05) is 17.1 Å². The molecule has 0 saturated carbocycles. The summed E-state index contributed by atoms with van der Waals surface area (Å²) in [5.74, 6) is -1.17. The molecule has 18 heavy (non-hydrogen) atoms. The monoisotopic (exact) mass is 285 g/mol. The lowest BCUT2D eigenvalue weighted by molar-refractivity contribution is 0.0661. The number of furan rings is 1. The summed E-state index contributed by atoms with van der Waals surface area (Å²) in [4.78, 5) is 10.8. The number of carboxylic acids is 1. The lowest BCUT2D eigenvalue weighted by atomic mass is 10.2. The number of carbonyl (C=O) groups is 1. The molecule has 0 radical (unpaired) electrons. The first-order valence-electron chi connectivity index (χ1n) is 5.06. The van der Waals surface area contributed by atoms with Gasteiger partial charge in [-0.25, -0.2) is 4.79 Å². The molecule has 2 rings (SSSR count). The molecule has 0 atom stereocenters. The zero-order valence-corrected chi connectivity index (χ0v) is 10.6. The number of hydrogen-bond donors (Lipinski definition) is 2. The molecule has 1 aromatic heterocycles. The molecule has 1 heterocycles. The Balaban J connectivity index is 2.11. The molecule has 0 bridgehead atoms. The van der Waals surface area contributed by atoms with Crippen LogP contribution >= 0.6 is 23.2 Å². The van der Waals surface area contributed by atoms with Crippen LogP contribution in [0.15, 0.2) is 34.9 Å². The van der Waals surface area contributed by atoms with Gasteiger partial charge in [-0.2, -0.15) is 0 Å². The van der Waals surface area contributed by atoms with E-state index in [4.69, 9.17) is 32.7 Å². The molecular formula is C12H9Cl2NO3. The van der Waals surface area contributed by atoms with Crippen LogP contribution < -0.4 is 5.32 Å². The number of anilines is 1. The highest BCUT2D eigenvalue weighted by Gasteiger charge is 2.13. The summed E-state index contributed by atoms with van der Waals surface area (Å²) in [6.07, 6.45) is 1.34. The van der Waals surface area contributed by atoms with Crippen LogP contribution in [0.1, 0.15) is 16.1 Å². The first kappa shape index (κ1) is 12.8. The van der Waals surface area contributed by atoms with E-state index in [0.29, 0.717) is 27.8 Å². The van der Waals surface area contributed by atoms with Crippen LogP contribution in [0.4, 0.5) is 5.69 Å². The predicted molar refractivity (Wildman–Crippen MR) is 69.5 cm³/mol. The molecule has 0 spiro atoms. The Morgan fingerprint density at radius 3 is 2.78 bits per heavy atom. The highest BCUT2D eigenvalue weighted by Crippen LogP contribution is 2.26. The molecular weight excluding hydrogens is 277 g/mol. The fourth-order valence-electron chi connectivity index (χ4n) is 1.49. The van der Waals surface area contributed by atoms with Gasteiger partial charge >= 0.3 is 5.97 Å². The van der Waals surface area contributed by atoms with E-state index < -0.39 is 5.97 Å². The number of rotatable bonds is 4. The van der Waals surface area contributed by atoms with Crippen molar-refractivity contribution in [2.24, 2.45) is 0 Å². The van der Waals surface area contributed by atoms with Crippen molar-refractivity contribution in [1.82, 2.24) is 0 Å². The molecule has 0 fully saturated rings. The van der Waals surface area contributed by atoms with Gasteiger partial charge in [-0.1, -0.05) is 23.2 Å². The molecule has 2 N–H and O–H groups in total. The van der Waals surface area contributed by atoms with E-state index in [2.05, 4.69) is 5.32 Å². The third-order valence-corrected chi connectivity index (χ3v) is 2.89. The molecule has 4 nitrogen and oxygen atoms in total. The third-order valence-electron chi connectivity index (χ3n) is 2.34. The first-order valence-corrected chi connectivity index (χ1v) is 5.82. The minimum absolute atomic E-state index is 0.0763. The normalized spacial score (nSPS) is 10.3. The Labute approximate surface area is 113 Å². The summed E-state index contributed by atoms with van der Waals surface area (Å²) in [6.45, 7) is 0.305. The molecule has 0 unspecified atom stereocenters. The Bertz CT molecular complexity index is 580. The summed E-state index contributed by atoms with van der Waals surface area (Å²) in [6, 6.07) is 6.63. The van der Waals surface area contributed by atoms with Gasteiger partial charge in [-0.05, 0) is 24.3 Å². The maximum Gasteiger partial charge on any atom is 0.372 e. The van der Waals surface area contributed by atoms with Crippen molar-refractivity contribution in [3.63, 3.8) is 0 Å². The largest absolute Gasteiger partial charge is 0.475 e. The number of hydrogen-bond acceptors (Lipinski definition) is 3. The van der Waals surface area contributed by atoms with Crippen LogP contribution in [-0.4, -0.2) is 11.1 Å². The minimum atomic E-state index is -1.10. The van der Waals surface area contributed by atoms with Crippen molar-refractivity contribution in [2.75, 3.05) is 5.32 Å². The Morgan fingerprint density at radius 1 is 1.33 bits per heavy atom. The second-order valence-electron chi connectivity index (χ2n) is 3.56. The third kappa shape index (κ3) is 2.78. The second kappa shape index (κ2) is 5.33. The van der Waals surface area contributed by atoms with E-state index in [1.807, 2.05) is 0 Å². The van der Waals surface area contributed by atoms with Gasteiger partial charge in [0.25, 0.3) is 0 Å². The molecule has 1 aromatic carbocycles. The molecule has 2 aromatic rings. The van der Waals surface area contributed by atoms with Crippen LogP contribution in [0.25, 0.3) is 0 Å². The second-order valence-corrected chi connectivity index (χ2v) is 4.40. The maximum absolute atomic E-state index is 10.8. The highest BCUT2D eigenvalue weighted by atomic mass is 35.5. The summed E-state index contributed by atoms with van der Waals surface area (Å²) in [5.41, 5.74) is 1.23. The Morgan fingerprint density at radius 2 is 2.11 bits per heavy atom. The SMILES string of the molecule is O=C(O)c1occc1CNc1ccc(Cl)cc1Cl. The molecule has 94 valence electrons. The lowest BCUT2D eigenvalue weighted by Crippen LogP contribution is -2.04. The van der Waals surface area contributed by atoms with Gasteiger partial charge in [0.05, 0.1) is 17.0 Å². The number of halogens is 2. The van der Waals surface area contributed by atoms with Crippen LogP contribution in [0, 0.1) is 0 Å². The van der Waals surface area contributed by atoms with Gasteiger partial charge in [0.15, 0.2) is 0 Å². The summed E-state index contributed by atoms with van der Waals surface area (Å²) in [5, 5.41) is 12.9. The molecule has 0 amide bonds. The fraction of sp³-hybridized carbons (Fsp3) is 0.0833. The first-order chi connectivity index (χ1) is 8.58. The van der Waals surface area contributed by atoms with Crippen molar-refractivity contribution >= 4 is 34.9 Å². The maximum atomic E-state index is 10.8. The quantitative estimate of drug-likeness (QED) is 0.894. The predicted octanol–water partition coefficient (Wildman–Crippen LogP) is 3.90. The van der Waals surface area contributed by atoms with Gasteiger partial charge in [0.1, 0.15) is 0 Å². The molecule has 0 aliphatic carbocycles. The molecule has 6 heteroatoms. The van der Waals surface area contributed by atoms with Crippen LogP contribution in [0.2, 0.25) is 10.0 Å². The van der Waals surface area contributed by atoms with Gasteiger partial charge in [0.2, 0.25) is 5.76 Å². The molecule has 0 aliphatic heterocycles. The van der Waals surface area contributed by atoms with Crippen molar-refractivity contribution < 1.29 is 14.3 Å². The number of nitrogens with one attached hydrogen (secondary N) is 1. The van der Waals surface area contributed by atoms with Crippen LogP contribution in [-0.2, 0) is 6.54 Å². The van der Waals surface area contributed by atoms with E-state index in [9.17, 15) is 4.79 Å². The van der Waals surface area contributed by atoms with Crippen LogP contribution in [0.5, 0.6) is 0 Å². The summed E-state index contributed by atoms with van der Waals surface area (Å²) in [7, 11) is 0. The van der Waals surface area contributed by atoms with Crippen molar-refractivity contribution in [1.29, 1.82) is 0 Å². The standard InChI is InChI=1S/C12H9Cl2NO3/c13-8-1-2-10(9(14)5-8)15-6-7-3-4-18-11(7)12(16)17/h1-5,15H,6H2,(H,16,17). The fourth-order valence-corrected chi connectivity index (χ4v) is 1.96. The number of benzene rings is 1. The lowest BCUT2D eigenvalue weighted by Gasteiger charge is -2.07. The average Bonchev–Trinajstić information content (AvgIpc) is 2.76. The number of carboxylic acid groups (broad SMARTS) is 1. The average molecular weight is 286 g/mol. The van der Waals surface area contributed by atoms with E-state index in [1.165, 1.54) is 6.26 Å². The van der Waals surface area contributed by atoms with E-state index >= 15 is 0 Å². The minimum Gasteiger partial charge on any atom is -0.475 e. The Hall–Kier alpha value is -1.65. The summed E-state index contributed by atoms with van der Waals surface area (Å²) < 4.78 is 4.87. The molecule has 0 aliphatic rings. The van der Waals surface area contributed by atoms with Crippen molar-refractivity contribution in [3.8, 4) is 0 Å². The number of aromatic carboxylic acids is 1. The van der Waals surface area contributed by atoms with E-state index in [1.54, 1.807) is 24.3 Å². The van der Waals surface area contributed by atoms with Gasteiger partial charge in [-0.3, -0.25) is 0 Å².